The molecule has 1 aromatic carbocycles. The second-order valence-corrected chi connectivity index (χ2v) is 5.28. The smallest absolute Gasteiger partial charge is 0.104 e. The van der Waals surface area contributed by atoms with Crippen molar-refractivity contribution < 1.29 is 4.74 Å². The third-order valence-corrected chi connectivity index (χ3v) is 3.37. The third kappa shape index (κ3) is 4.26. The molecule has 0 aromatic heterocycles. The van der Waals surface area contributed by atoms with Crippen molar-refractivity contribution in [3.8, 4) is 0 Å². The van der Waals surface area contributed by atoms with Crippen molar-refractivity contribution in [1.82, 2.24) is 0 Å². The summed E-state index contributed by atoms with van der Waals surface area (Å²) in [6.45, 7) is 6.82. The minimum Gasteiger partial charge on any atom is -0.389 e. The highest BCUT2D eigenvalue weighted by molar-refractivity contribution is 7.80. The lowest BCUT2D eigenvalue weighted by atomic mass is 10.1. The summed E-state index contributed by atoms with van der Waals surface area (Å²) in [7, 11) is 0. The Morgan fingerprint density at radius 3 is 2.53 bits per heavy atom. The molecule has 0 saturated heterocycles. The Hall–Kier alpha value is -0.640. The number of hydrogen-bond donors (Lipinski definition) is 1. The van der Waals surface area contributed by atoms with Gasteiger partial charge in [-0.25, -0.2) is 0 Å². The normalized spacial score (nSPS) is 12.8. The second kappa shape index (κ2) is 6.34. The molecule has 0 radical (unpaired) electrons. The predicted molar refractivity (Wildman–Crippen MR) is 76.4 cm³/mol. The average molecular weight is 272 g/mol. The first-order valence-corrected chi connectivity index (χ1v) is 6.40. The van der Waals surface area contributed by atoms with Crippen molar-refractivity contribution in [2.24, 2.45) is 11.7 Å². The minimum absolute atomic E-state index is 0.210. The number of thiocarbonyl (C=S) groups is 1. The fourth-order valence-corrected chi connectivity index (χ4v) is 1.59. The lowest BCUT2D eigenvalue weighted by Crippen LogP contribution is -2.15. The first-order valence-electron chi connectivity index (χ1n) is 5.61. The van der Waals surface area contributed by atoms with E-state index in [1.807, 2.05) is 12.1 Å². The topological polar surface area (TPSA) is 35.2 Å². The Morgan fingerprint density at radius 1 is 1.41 bits per heavy atom. The molecule has 0 spiro atoms. The minimum atomic E-state index is 0.210. The molecular formula is C13H18ClNOS. The van der Waals surface area contributed by atoms with Crippen LogP contribution in [0.3, 0.4) is 0 Å². The summed E-state index contributed by atoms with van der Waals surface area (Å²) in [6, 6.07) is 5.56. The number of ether oxygens (including phenoxy) is 1. The van der Waals surface area contributed by atoms with E-state index in [1.165, 1.54) is 0 Å². The maximum absolute atomic E-state index is 6.14. The van der Waals surface area contributed by atoms with Gasteiger partial charge in [0.2, 0.25) is 0 Å². The van der Waals surface area contributed by atoms with Gasteiger partial charge in [-0.15, -0.1) is 0 Å². The van der Waals surface area contributed by atoms with Crippen LogP contribution in [-0.2, 0) is 11.3 Å². The zero-order chi connectivity index (χ0) is 13.0. The molecule has 17 heavy (non-hydrogen) atoms. The van der Waals surface area contributed by atoms with Gasteiger partial charge in [-0.05, 0) is 24.5 Å². The van der Waals surface area contributed by atoms with Crippen molar-refractivity contribution >= 4 is 28.8 Å². The van der Waals surface area contributed by atoms with Gasteiger partial charge in [0.05, 0.1) is 12.7 Å². The van der Waals surface area contributed by atoms with Crippen LogP contribution in [0.25, 0.3) is 0 Å². The summed E-state index contributed by atoms with van der Waals surface area (Å²) < 4.78 is 5.72. The highest BCUT2D eigenvalue weighted by Gasteiger charge is 2.09. The van der Waals surface area contributed by atoms with Crippen LogP contribution in [0.1, 0.15) is 31.9 Å². The van der Waals surface area contributed by atoms with Gasteiger partial charge in [-0.3, -0.25) is 0 Å². The number of benzene rings is 1. The maximum Gasteiger partial charge on any atom is 0.104 e. The van der Waals surface area contributed by atoms with Crippen molar-refractivity contribution in [1.29, 1.82) is 0 Å². The number of hydrogen-bond acceptors (Lipinski definition) is 2. The molecule has 0 bridgehead atoms. The van der Waals surface area contributed by atoms with Gasteiger partial charge in [-0.2, -0.15) is 0 Å². The SMILES string of the molecule is CC(C)C(C)OCc1ccc(C(N)=S)cc1Cl. The number of halogens is 1. The predicted octanol–water partition coefficient (Wildman–Crippen LogP) is 3.54. The molecular weight excluding hydrogens is 254 g/mol. The van der Waals surface area contributed by atoms with E-state index in [1.54, 1.807) is 6.07 Å². The van der Waals surface area contributed by atoms with E-state index in [0.29, 0.717) is 22.5 Å². The van der Waals surface area contributed by atoms with Crippen LogP contribution in [0.2, 0.25) is 5.02 Å². The van der Waals surface area contributed by atoms with Crippen molar-refractivity contribution in [2.45, 2.75) is 33.5 Å². The Balaban J connectivity index is 2.70. The van der Waals surface area contributed by atoms with Gasteiger partial charge in [0.15, 0.2) is 0 Å². The van der Waals surface area contributed by atoms with E-state index in [9.17, 15) is 0 Å². The largest absolute Gasteiger partial charge is 0.389 e. The summed E-state index contributed by atoms with van der Waals surface area (Å²) in [6.07, 6.45) is 0.210. The molecule has 1 unspecified atom stereocenters. The van der Waals surface area contributed by atoms with Crippen LogP contribution in [0.4, 0.5) is 0 Å². The molecule has 1 atom stereocenters. The van der Waals surface area contributed by atoms with Gasteiger partial charge in [0.1, 0.15) is 4.99 Å². The monoisotopic (exact) mass is 271 g/mol. The Bertz CT molecular complexity index is 406. The van der Waals surface area contributed by atoms with Crippen molar-refractivity contribution in [2.75, 3.05) is 0 Å². The molecule has 0 aliphatic carbocycles. The molecule has 0 fully saturated rings. The van der Waals surface area contributed by atoms with E-state index in [4.69, 9.17) is 34.3 Å². The van der Waals surface area contributed by atoms with Gasteiger partial charge in [-0.1, -0.05) is 49.8 Å². The molecule has 0 heterocycles. The van der Waals surface area contributed by atoms with Gasteiger partial charge < -0.3 is 10.5 Å². The van der Waals surface area contributed by atoms with E-state index >= 15 is 0 Å². The van der Waals surface area contributed by atoms with E-state index in [2.05, 4.69) is 20.8 Å². The van der Waals surface area contributed by atoms with E-state index < -0.39 is 0 Å². The Kier molecular flexibility index (Phi) is 5.37. The molecule has 2 nitrogen and oxygen atoms in total. The summed E-state index contributed by atoms with van der Waals surface area (Å²) in [5, 5.41) is 0.645. The summed E-state index contributed by atoms with van der Waals surface area (Å²) in [5.74, 6) is 0.490. The lowest BCUT2D eigenvalue weighted by molar-refractivity contribution is 0.0235. The molecule has 0 aliphatic heterocycles. The summed E-state index contributed by atoms with van der Waals surface area (Å²) >= 11 is 11.0. The quantitative estimate of drug-likeness (QED) is 0.832. The second-order valence-electron chi connectivity index (χ2n) is 4.43. The van der Waals surface area contributed by atoms with Gasteiger partial charge in [0.25, 0.3) is 0 Å². The standard InChI is InChI=1S/C13H18ClNOS/c1-8(2)9(3)16-7-11-5-4-10(13(15)17)6-12(11)14/h4-6,8-9H,7H2,1-3H3,(H2,15,17). The van der Waals surface area contributed by atoms with Crippen LogP contribution in [0, 0.1) is 5.92 Å². The highest BCUT2D eigenvalue weighted by atomic mass is 35.5. The number of nitrogens with two attached hydrogens (primary N) is 1. The van der Waals surface area contributed by atoms with Crippen molar-refractivity contribution in [3.63, 3.8) is 0 Å². The van der Waals surface area contributed by atoms with Crippen molar-refractivity contribution in [3.05, 3.63) is 34.3 Å². The Labute approximate surface area is 113 Å². The lowest BCUT2D eigenvalue weighted by Gasteiger charge is -2.17. The summed E-state index contributed by atoms with van der Waals surface area (Å²) in [4.78, 5) is 0.356. The number of rotatable bonds is 5. The molecule has 94 valence electrons. The molecule has 0 amide bonds. The molecule has 0 saturated carbocycles. The van der Waals surface area contributed by atoms with E-state index in [-0.39, 0.29) is 6.10 Å². The van der Waals surface area contributed by atoms with Crippen LogP contribution in [0.5, 0.6) is 0 Å². The molecule has 1 aromatic rings. The van der Waals surface area contributed by atoms with Crippen LogP contribution in [-0.4, -0.2) is 11.1 Å². The highest BCUT2D eigenvalue weighted by Crippen LogP contribution is 2.20. The van der Waals surface area contributed by atoms with Crippen LogP contribution >= 0.6 is 23.8 Å². The maximum atomic E-state index is 6.14. The summed E-state index contributed by atoms with van der Waals surface area (Å²) in [5.41, 5.74) is 7.28. The zero-order valence-corrected chi connectivity index (χ0v) is 11.9. The molecule has 0 aliphatic rings. The van der Waals surface area contributed by atoms with E-state index in [0.717, 1.165) is 11.1 Å². The average Bonchev–Trinajstić information content (AvgIpc) is 2.26. The third-order valence-electron chi connectivity index (χ3n) is 2.78. The molecule has 2 N–H and O–H groups in total. The fraction of sp³-hybridized carbons (Fsp3) is 0.462. The van der Waals surface area contributed by atoms with Crippen LogP contribution in [0.15, 0.2) is 18.2 Å². The van der Waals surface area contributed by atoms with Gasteiger partial charge in [0, 0.05) is 10.6 Å². The molecule has 1 rings (SSSR count). The zero-order valence-electron chi connectivity index (χ0n) is 10.4. The molecule has 4 heteroatoms. The fourth-order valence-electron chi connectivity index (χ4n) is 1.23. The first-order chi connectivity index (χ1) is 7.91. The van der Waals surface area contributed by atoms with Crippen LogP contribution < -0.4 is 5.73 Å². The first kappa shape index (κ1) is 14.4. The Morgan fingerprint density at radius 2 is 2.06 bits per heavy atom. The van der Waals surface area contributed by atoms with Gasteiger partial charge >= 0.3 is 0 Å².